The van der Waals surface area contributed by atoms with Crippen molar-refractivity contribution < 1.29 is 18.4 Å². The molecule has 2 atom stereocenters. The van der Waals surface area contributed by atoms with Gasteiger partial charge in [0.1, 0.15) is 5.92 Å². The summed E-state index contributed by atoms with van der Waals surface area (Å²) in [5.74, 6) is -2.88. The lowest BCUT2D eigenvalue weighted by molar-refractivity contribution is -0.160. The summed E-state index contributed by atoms with van der Waals surface area (Å²) in [6.07, 6.45) is -4.58. The summed E-state index contributed by atoms with van der Waals surface area (Å²) in [4.78, 5) is 1.49. The first-order valence-corrected chi connectivity index (χ1v) is 6.54. The molecule has 0 spiro atoms. The zero-order valence-corrected chi connectivity index (χ0v) is 12.4. The van der Waals surface area contributed by atoms with E-state index in [-0.39, 0.29) is 6.04 Å². The molecule has 0 amide bonds. The van der Waals surface area contributed by atoms with Crippen LogP contribution in [0.4, 0.5) is 13.2 Å². The average molecular weight is 324 g/mol. The van der Waals surface area contributed by atoms with E-state index in [4.69, 9.17) is 22.5 Å². The Morgan fingerprint density at radius 2 is 1.90 bits per heavy atom. The van der Waals surface area contributed by atoms with Crippen molar-refractivity contribution in [1.82, 2.24) is 4.90 Å². The van der Waals surface area contributed by atoms with Crippen molar-refractivity contribution in [3.8, 4) is 0 Å². The number of halogens is 4. The first-order chi connectivity index (χ1) is 9.66. The fraction of sp³-hybridized carbons (Fsp3) is 0.462. The fourth-order valence-corrected chi connectivity index (χ4v) is 2.00. The van der Waals surface area contributed by atoms with Crippen LogP contribution < -0.4 is 5.73 Å². The maximum atomic E-state index is 12.9. The van der Waals surface area contributed by atoms with Crippen molar-refractivity contribution >= 4 is 17.4 Å². The van der Waals surface area contributed by atoms with E-state index in [1.54, 1.807) is 38.2 Å². The molecule has 1 aromatic carbocycles. The number of benzene rings is 1. The van der Waals surface area contributed by atoms with E-state index in [9.17, 15) is 13.2 Å². The lowest BCUT2D eigenvalue weighted by Crippen LogP contribution is -2.44. The van der Waals surface area contributed by atoms with Crippen molar-refractivity contribution in [1.29, 1.82) is 0 Å². The van der Waals surface area contributed by atoms with Gasteiger partial charge in [0.05, 0.1) is 0 Å². The molecule has 0 aliphatic heterocycles. The van der Waals surface area contributed by atoms with Gasteiger partial charge in [-0.2, -0.15) is 13.2 Å². The molecule has 1 aromatic rings. The van der Waals surface area contributed by atoms with Gasteiger partial charge >= 0.3 is 6.18 Å². The third kappa shape index (κ3) is 4.78. The molecule has 118 valence electrons. The Morgan fingerprint density at radius 1 is 1.38 bits per heavy atom. The molecule has 0 saturated heterocycles. The molecule has 0 heterocycles. The number of nitrogens with two attached hydrogens (primary N) is 1. The van der Waals surface area contributed by atoms with Gasteiger partial charge in [-0.05, 0) is 31.7 Å². The maximum absolute atomic E-state index is 12.9. The predicted molar refractivity (Wildman–Crippen MR) is 75.5 cm³/mol. The van der Waals surface area contributed by atoms with Crippen molar-refractivity contribution in [2.24, 2.45) is 16.8 Å². The molecule has 0 radical (unpaired) electrons. The Labute approximate surface area is 126 Å². The highest BCUT2D eigenvalue weighted by atomic mass is 35.5. The Kier molecular flexibility index (Phi) is 5.86. The van der Waals surface area contributed by atoms with E-state index >= 15 is 0 Å². The normalized spacial score (nSPS) is 16.0. The van der Waals surface area contributed by atoms with Crippen LogP contribution >= 0.6 is 11.6 Å². The molecule has 0 aliphatic carbocycles. The lowest BCUT2D eigenvalue weighted by atomic mass is 10.0. The molecule has 0 fully saturated rings. The third-order valence-corrected chi connectivity index (χ3v) is 3.60. The van der Waals surface area contributed by atoms with Crippen LogP contribution in [0, 0.1) is 5.92 Å². The zero-order valence-electron chi connectivity index (χ0n) is 11.6. The second-order valence-electron chi connectivity index (χ2n) is 4.79. The highest BCUT2D eigenvalue weighted by Gasteiger charge is 2.43. The second kappa shape index (κ2) is 7.00. The average Bonchev–Trinajstić information content (AvgIpc) is 2.42. The number of alkyl halides is 3. The lowest BCUT2D eigenvalue weighted by Gasteiger charge is -2.29. The van der Waals surface area contributed by atoms with E-state index < -0.39 is 24.5 Å². The molecule has 0 aliphatic rings. The van der Waals surface area contributed by atoms with Crippen LogP contribution in [-0.2, 0) is 0 Å². The second-order valence-corrected chi connectivity index (χ2v) is 5.22. The van der Waals surface area contributed by atoms with Gasteiger partial charge in [0, 0.05) is 17.6 Å². The monoisotopic (exact) mass is 323 g/mol. The topological polar surface area (TPSA) is 61.8 Å². The zero-order chi connectivity index (χ0) is 16.2. The van der Waals surface area contributed by atoms with Crippen molar-refractivity contribution in [2.75, 3.05) is 13.6 Å². The largest absolute Gasteiger partial charge is 0.409 e. The molecular formula is C13H17ClF3N3O. The van der Waals surface area contributed by atoms with Gasteiger partial charge in [0.25, 0.3) is 0 Å². The molecule has 1 rings (SSSR count). The third-order valence-electron chi connectivity index (χ3n) is 3.35. The first kappa shape index (κ1) is 17.6. The highest BCUT2D eigenvalue weighted by molar-refractivity contribution is 6.30. The van der Waals surface area contributed by atoms with E-state index in [0.717, 1.165) is 5.56 Å². The molecule has 3 N–H and O–H groups in total. The van der Waals surface area contributed by atoms with Crippen molar-refractivity contribution in [2.45, 2.75) is 19.1 Å². The summed E-state index contributed by atoms with van der Waals surface area (Å²) in [5.41, 5.74) is 5.97. The van der Waals surface area contributed by atoms with E-state index in [2.05, 4.69) is 5.16 Å². The Bertz CT molecular complexity index is 490. The number of amidine groups is 1. The van der Waals surface area contributed by atoms with Gasteiger partial charge in [0.15, 0.2) is 5.84 Å². The molecule has 0 saturated carbocycles. The van der Waals surface area contributed by atoms with Crippen LogP contribution in [0.5, 0.6) is 0 Å². The summed E-state index contributed by atoms with van der Waals surface area (Å²) >= 11 is 5.78. The number of nitrogens with zero attached hydrogens (tertiary/aromatic N) is 2. The summed E-state index contributed by atoms with van der Waals surface area (Å²) in [5, 5.41) is 11.5. The van der Waals surface area contributed by atoms with Crippen LogP contribution in [0.15, 0.2) is 29.4 Å². The minimum atomic E-state index is -4.58. The smallest absolute Gasteiger partial charge is 0.400 e. The molecular weight excluding hydrogens is 307 g/mol. The summed E-state index contributed by atoms with van der Waals surface area (Å²) in [6, 6.07) is 6.56. The van der Waals surface area contributed by atoms with Gasteiger partial charge in [-0.3, -0.25) is 4.90 Å². The molecule has 0 bridgehead atoms. The summed E-state index contributed by atoms with van der Waals surface area (Å²) < 4.78 is 38.8. The molecule has 8 heteroatoms. The number of rotatable bonds is 5. The summed E-state index contributed by atoms with van der Waals surface area (Å²) in [6.45, 7) is 1.35. The first-order valence-electron chi connectivity index (χ1n) is 6.16. The van der Waals surface area contributed by atoms with E-state index in [1.165, 1.54) is 4.90 Å². The fourth-order valence-electron chi connectivity index (χ4n) is 1.88. The minimum Gasteiger partial charge on any atom is -0.409 e. The Hall–Kier alpha value is -1.47. The number of hydrogen-bond donors (Lipinski definition) is 2. The predicted octanol–water partition coefficient (Wildman–Crippen LogP) is 3.26. The van der Waals surface area contributed by atoms with Gasteiger partial charge in [-0.25, -0.2) is 0 Å². The van der Waals surface area contributed by atoms with Crippen LogP contribution in [0.3, 0.4) is 0 Å². The van der Waals surface area contributed by atoms with Crippen molar-refractivity contribution in [3.05, 3.63) is 34.9 Å². The molecule has 21 heavy (non-hydrogen) atoms. The Balaban J connectivity index is 2.86. The highest BCUT2D eigenvalue weighted by Crippen LogP contribution is 2.29. The maximum Gasteiger partial charge on any atom is 0.400 e. The quantitative estimate of drug-likeness (QED) is 0.378. The number of oxime groups is 1. The van der Waals surface area contributed by atoms with Crippen LogP contribution in [0.1, 0.15) is 18.5 Å². The Morgan fingerprint density at radius 3 is 2.33 bits per heavy atom. The molecule has 4 nitrogen and oxygen atoms in total. The van der Waals surface area contributed by atoms with Crippen LogP contribution in [-0.4, -0.2) is 35.7 Å². The van der Waals surface area contributed by atoms with Crippen LogP contribution in [0.2, 0.25) is 5.02 Å². The van der Waals surface area contributed by atoms with Gasteiger partial charge in [-0.15, -0.1) is 0 Å². The van der Waals surface area contributed by atoms with Gasteiger partial charge < -0.3 is 10.9 Å². The number of hydrogen-bond acceptors (Lipinski definition) is 3. The van der Waals surface area contributed by atoms with E-state index in [0.29, 0.717) is 5.02 Å². The standard InChI is InChI=1S/C13H17ClF3N3O/c1-8(9-3-5-10(14)6-4-9)20(2)7-11(12(18)19-21)13(15,16)17/h3-6,8,11,21H,7H2,1-2H3,(H2,18,19). The summed E-state index contributed by atoms with van der Waals surface area (Å²) in [7, 11) is 1.54. The van der Waals surface area contributed by atoms with Crippen molar-refractivity contribution in [3.63, 3.8) is 0 Å². The SMILES string of the molecule is CC(c1ccc(Cl)cc1)N(C)CC(/C(N)=N/O)C(F)(F)F. The van der Waals surface area contributed by atoms with Crippen LogP contribution in [0.25, 0.3) is 0 Å². The van der Waals surface area contributed by atoms with Gasteiger partial charge in [-0.1, -0.05) is 28.9 Å². The van der Waals surface area contributed by atoms with Gasteiger partial charge in [0.2, 0.25) is 0 Å². The van der Waals surface area contributed by atoms with E-state index in [1.807, 2.05) is 0 Å². The molecule has 0 aromatic heterocycles. The molecule has 2 unspecified atom stereocenters. The minimum absolute atomic E-state index is 0.279.